The van der Waals surface area contributed by atoms with Gasteiger partial charge in [0.25, 0.3) is 0 Å². The van der Waals surface area contributed by atoms with E-state index in [2.05, 4.69) is 9.82 Å². The number of hydrogen-bond donors (Lipinski definition) is 1. The van der Waals surface area contributed by atoms with Crippen LogP contribution in [0.4, 0.5) is 0 Å². The van der Waals surface area contributed by atoms with Crippen LogP contribution in [0.2, 0.25) is 0 Å². The monoisotopic (exact) mass is 295 g/mol. The summed E-state index contributed by atoms with van der Waals surface area (Å²) in [7, 11) is -1.97. The lowest BCUT2D eigenvalue weighted by Crippen LogP contribution is -2.28. The summed E-state index contributed by atoms with van der Waals surface area (Å²) in [5.74, 6) is 0.637. The van der Waals surface area contributed by atoms with Crippen molar-refractivity contribution in [3.8, 4) is 5.75 Å². The van der Waals surface area contributed by atoms with Gasteiger partial charge in [-0.05, 0) is 36.8 Å². The summed E-state index contributed by atoms with van der Waals surface area (Å²) in [6.07, 6.45) is 3.44. The molecule has 0 bridgehead atoms. The van der Waals surface area contributed by atoms with E-state index < -0.39 is 10.0 Å². The lowest BCUT2D eigenvalue weighted by Gasteiger charge is -2.10. The van der Waals surface area contributed by atoms with Gasteiger partial charge in [0.05, 0.1) is 18.6 Å². The molecule has 6 nitrogen and oxygen atoms in total. The van der Waals surface area contributed by atoms with Gasteiger partial charge in [-0.2, -0.15) is 5.10 Å². The van der Waals surface area contributed by atoms with Crippen molar-refractivity contribution in [2.45, 2.75) is 18.4 Å². The molecular formula is C13H17N3O3S. The zero-order chi connectivity index (χ0) is 14.6. The van der Waals surface area contributed by atoms with E-state index in [-0.39, 0.29) is 11.4 Å². The Morgan fingerprint density at radius 3 is 2.80 bits per heavy atom. The summed E-state index contributed by atoms with van der Waals surface area (Å²) >= 11 is 0. The normalized spacial score (nSPS) is 11.5. The minimum absolute atomic E-state index is 0.263. The van der Waals surface area contributed by atoms with Gasteiger partial charge in [-0.25, -0.2) is 13.1 Å². The van der Waals surface area contributed by atoms with Crippen molar-refractivity contribution in [2.75, 3.05) is 13.7 Å². The Labute approximate surface area is 118 Å². The number of aryl methyl sites for hydroxylation is 1. The molecule has 1 N–H and O–H groups in total. The Morgan fingerprint density at radius 2 is 2.20 bits per heavy atom. The first-order valence-corrected chi connectivity index (χ1v) is 7.63. The van der Waals surface area contributed by atoms with Crippen LogP contribution >= 0.6 is 0 Å². The second kappa shape index (κ2) is 6.06. The summed E-state index contributed by atoms with van der Waals surface area (Å²) in [5.41, 5.74) is 0.649. The molecule has 1 aromatic carbocycles. The maximum absolute atomic E-state index is 12.2. The van der Waals surface area contributed by atoms with Crippen molar-refractivity contribution in [1.82, 2.24) is 14.5 Å². The molecule has 0 saturated heterocycles. The fourth-order valence-corrected chi connectivity index (χ4v) is 3.10. The highest BCUT2D eigenvalue weighted by atomic mass is 32.2. The third-order valence-electron chi connectivity index (χ3n) is 2.86. The average Bonchev–Trinajstić information content (AvgIpc) is 2.91. The van der Waals surface area contributed by atoms with Crippen LogP contribution in [0.25, 0.3) is 0 Å². The largest absolute Gasteiger partial charge is 0.497 e. The highest BCUT2D eigenvalue weighted by molar-refractivity contribution is 7.89. The zero-order valence-electron chi connectivity index (χ0n) is 11.4. The molecule has 0 unspecified atom stereocenters. The summed E-state index contributed by atoms with van der Waals surface area (Å²) in [4.78, 5) is 0.263. The molecule has 20 heavy (non-hydrogen) atoms. The maximum Gasteiger partial charge on any atom is 0.240 e. The van der Waals surface area contributed by atoms with Crippen molar-refractivity contribution in [3.63, 3.8) is 0 Å². The van der Waals surface area contributed by atoms with Gasteiger partial charge in [-0.1, -0.05) is 0 Å². The Bertz CT molecular complexity index is 666. The van der Waals surface area contributed by atoms with E-state index in [4.69, 9.17) is 4.74 Å². The molecule has 0 aliphatic heterocycles. The molecule has 0 saturated carbocycles. The van der Waals surface area contributed by atoms with Crippen LogP contribution in [0.3, 0.4) is 0 Å². The number of sulfonamides is 1. The second-order valence-corrected chi connectivity index (χ2v) is 6.03. The van der Waals surface area contributed by atoms with Crippen molar-refractivity contribution in [2.24, 2.45) is 0 Å². The molecule has 0 aliphatic carbocycles. The lowest BCUT2D eigenvalue weighted by molar-refractivity contribution is 0.414. The molecule has 1 aromatic heterocycles. The Balaban J connectivity index is 2.06. The zero-order valence-corrected chi connectivity index (χ0v) is 12.2. The van der Waals surface area contributed by atoms with Crippen LogP contribution in [0, 0.1) is 6.92 Å². The first kappa shape index (κ1) is 14.5. The topological polar surface area (TPSA) is 73.2 Å². The van der Waals surface area contributed by atoms with Crippen LogP contribution in [0.1, 0.15) is 5.56 Å². The van der Waals surface area contributed by atoms with Gasteiger partial charge in [-0.3, -0.25) is 4.68 Å². The first-order chi connectivity index (χ1) is 9.53. The fraction of sp³-hybridized carbons (Fsp3) is 0.308. The van der Waals surface area contributed by atoms with Gasteiger partial charge in [0.2, 0.25) is 10.0 Å². The molecule has 2 aromatic rings. The molecule has 2 rings (SSSR count). The Morgan fingerprint density at radius 1 is 1.40 bits per heavy atom. The number of nitrogens with zero attached hydrogens (tertiary/aromatic N) is 2. The third kappa shape index (κ3) is 3.37. The highest BCUT2D eigenvalue weighted by Gasteiger charge is 2.16. The molecule has 0 radical (unpaired) electrons. The molecule has 0 spiro atoms. The maximum atomic E-state index is 12.2. The van der Waals surface area contributed by atoms with Gasteiger partial charge in [0, 0.05) is 18.9 Å². The van der Waals surface area contributed by atoms with E-state index >= 15 is 0 Å². The number of ether oxygens (including phenoxy) is 1. The standard InChI is InChI=1S/C13H17N3O3S/c1-11-10-12(19-2)4-5-13(11)20(17,18)15-7-9-16-8-3-6-14-16/h3-6,8,10,15H,7,9H2,1-2H3. The van der Waals surface area contributed by atoms with E-state index in [1.54, 1.807) is 55.4 Å². The highest BCUT2D eigenvalue weighted by Crippen LogP contribution is 2.20. The predicted octanol–water partition coefficient (Wildman–Crippen LogP) is 1.18. The van der Waals surface area contributed by atoms with Crippen LogP contribution in [0.15, 0.2) is 41.6 Å². The molecular weight excluding hydrogens is 278 g/mol. The quantitative estimate of drug-likeness (QED) is 0.868. The molecule has 0 aliphatic rings. The number of benzene rings is 1. The molecule has 1 heterocycles. The molecule has 0 atom stereocenters. The van der Waals surface area contributed by atoms with Gasteiger partial charge in [0.1, 0.15) is 5.75 Å². The van der Waals surface area contributed by atoms with Crippen LogP contribution in [-0.2, 0) is 16.6 Å². The minimum Gasteiger partial charge on any atom is -0.497 e. The van der Waals surface area contributed by atoms with E-state index in [0.29, 0.717) is 17.9 Å². The number of hydrogen-bond acceptors (Lipinski definition) is 4. The van der Waals surface area contributed by atoms with E-state index in [1.807, 2.05) is 0 Å². The summed E-state index contributed by atoms with van der Waals surface area (Å²) < 4.78 is 33.7. The molecule has 7 heteroatoms. The summed E-state index contributed by atoms with van der Waals surface area (Å²) in [6.45, 7) is 2.52. The average molecular weight is 295 g/mol. The van der Waals surface area contributed by atoms with Crippen molar-refractivity contribution >= 4 is 10.0 Å². The van der Waals surface area contributed by atoms with Gasteiger partial charge in [-0.15, -0.1) is 0 Å². The number of aromatic nitrogens is 2. The van der Waals surface area contributed by atoms with Crippen LogP contribution < -0.4 is 9.46 Å². The molecule has 0 fully saturated rings. The van der Waals surface area contributed by atoms with E-state index in [9.17, 15) is 8.42 Å². The van der Waals surface area contributed by atoms with Crippen molar-refractivity contribution in [1.29, 1.82) is 0 Å². The van der Waals surface area contributed by atoms with Crippen LogP contribution in [-0.4, -0.2) is 31.9 Å². The van der Waals surface area contributed by atoms with Gasteiger partial charge < -0.3 is 4.74 Å². The van der Waals surface area contributed by atoms with Crippen molar-refractivity contribution < 1.29 is 13.2 Å². The molecule has 108 valence electrons. The third-order valence-corrected chi connectivity index (χ3v) is 4.49. The lowest BCUT2D eigenvalue weighted by atomic mass is 10.2. The summed E-state index contributed by atoms with van der Waals surface area (Å²) in [6, 6.07) is 6.67. The number of nitrogens with one attached hydrogen (secondary N) is 1. The van der Waals surface area contributed by atoms with E-state index in [0.717, 1.165) is 0 Å². The smallest absolute Gasteiger partial charge is 0.240 e. The Hall–Kier alpha value is -1.86. The number of methoxy groups -OCH3 is 1. The minimum atomic E-state index is -3.52. The predicted molar refractivity (Wildman–Crippen MR) is 75.1 cm³/mol. The SMILES string of the molecule is COc1ccc(S(=O)(=O)NCCn2cccn2)c(C)c1. The Kier molecular flexibility index (Phi) is 4.41. The fourth-order valence-electron chi connectivity index (χ4n) is 1.86. The molecule has 0 amide bonds. The van der Waals surface area contributed by atoms with Gasteiger partial charge >= 0.3 is 0 Å². The second-order valence-electron chi connectivity index (χ2n) is 4.30. The summed E-state index contributed by atoms with van der Waals surface area (Å²) in [5, 5.41) is 4.01. The number of rotatable bonds is 6. The van der Waals surface area contributed by atoms with Crippen molar-refractivity contribution in [3.05, 3.63) is 42.2 Å². The van der Waals surface area contributed by atoms with Gasteiger partial charge in [0.15, 0.2) is 0 Å². The first-order valence-electron chi connectivity index (χ1n) is 6.14. The van der Waals surface area contributed by atoms with Crippen LogP contribution in [0.5, 0.6) is 5.75 Å². The van der Waals surface area contributed by atoms with E-state index in [1.165, 1.54) is 0 Å².